The van der Waals surface area contributed by atoms with Crippen LogP contribution in [0.3, 0.4) is 0 Å². The molecule has 2 aromatic heterocycles. The van der Waals surface area contributed by atoms with Gasteiger partial charge >= 0.3 is 6.18 Å². The fraction of sp³-hybridized carbons (Fsp3) is 0.222. The van der Waals surface area contributed by atoms with Gasteiger partial charge in [0.05, 0.1) is 16.7 Å². The van der Waals surface area contributed by atoms with Crippen LogP contribution in [0.15, 0.2) is 48.8 Å². The third-order valence-electron chi connectivity index (χ3n) is 4.06. The quantitative estimate of drug-likeness (QED) is 0.744. The zero-order valence-corrected chi connectivity index (χ0v) is 13.6. The number of nitrogens with zero attached hydrogens (tertiary/aromatic N) is 1. The molecule has 0 aliphatic heterocycles. The van der Waals surface area contributed by atoms with Crippen LogP contribution in [0.25, 0.3) is 11.0 Å². The van der Waals surface area contributed by atoms with Gasteiger partial charge in [-0.1, -0.05) is 12.1 Å². The number of halogens is 3. The predicted octanol–water partition coefficient (Wildman–Crippen LogP) is 4.25. The lowest BCUT2D eigenvalue weighted by molar-refractivity contribution is -0.137. The van der Waals surface area contributed by atoms with Crippen molar-refractivity contribution in [1.82, 2.24) is 15.3 Å². The first-order valence-electron chi connectivity index (χ1n) is 7.61. The van der Waals surface area contributed by atoms with Gasteiger partial charge < -0.3 is 10.3 Å². The second-order valence-electron chi connectivity index (χ2n) is 6.25. The van der Waals surface area contributed by atoms with E-state index in [-0.39, 0.29) is 5.91 Å². The highest BCUT2D eigenvalue weighted by atomic mass is 19.4. The molecule has 1 amide bonds. The number of benzene rings is 1. The van der Waals surface area contributed by atoms with E-state index >= 15 is 0 Å². The summed E-state index contributed by atoms with van der Waals surface area (Å²) in [6.07, 6.45) is -1.17. The van der Waals surface area contributed by atoms with E-state index in [4.69, 9.17) is 0 Å². The summed E-state index contributed by atoms with van der Waals surface area (Å²) in [5.41, 5.74) is 0.0635. The molecule has 25 heavy (non-hydrogen) atoms. The molecule has 130 valence electrons. The van der Waals surface area contributed by atoms with Gasteiger partial charge in [-0.2, -0.15) is 13.2 Å². The van der Waals surface area contributed by atoms with Gasteiger partial charge in [0, 0.05) is 17.8 Å². The molecule has 2 N–H and O–H groups in total. The van der Waals surface area contributed by atoms with Gasteiger partial charge in [0.25, 0.3) is 5.91 Å². The van der Waals surface area contributed by atoms with Gasteiger partial charge in [-0.05, 0) is 43.7 Å². The average Bonchev–Trinajstić information content (AvgIpc) is 3.02. The Balaban J connectivity index is 1.85. The number of pyridine rings is 1. The van der Waals surface area contributed by atoms with Crippen LogP contribution in [0, 0.1) is 0 Å². The number of hydrogen-bond donors (Lipinski definition) is 2. The molecule has 4 nitrogen and oxygen atoms in total. The first-order valence-corrected chi connectivity index (χ1v) is 7.61. The molecule has 3 rings (SSSR count). The van der Waals surface area contributed by atoms with Gasteiger partial charge in [0.2, 0.25) is 0 Å². The van der Waals surface area contributed by atoms with Crippen LogP contribution >= 0.6 is 0 Å². The summed E-state index contributed by atoms with van der Waals surface area (Å²) in [5.74, 6) is -0.322. The number of aromatic amines is 1. The van der Waals surface area contributed by atoms with E-state index in [0.717, 1.165) is 12.1 Å². The van der Waals surface area contributed by atoms with Crippen molar-refractivity contribution in [2.24, 2.45) is 0 Å². The maximum Gasteiger partial charge on any atom is 0.416 e. The van der Waals surface area contributed by atoms with Gasteiger partial charge in [-0.15, -0.1) is 0 Å². The molecule has 0 saturated carbocycles. The molecular weight excluding hydrogens is 331 g/mol. The largest absolute Gasteiger partial charge is 0.416 e. The Morgan fingerprint density at radius 2 is 1.68 bits per heavy atom. The fourth-order valence-corrected chi connectivity index (χ4v) is 2.66. The van der Waals surface area contributed by atoms with Gasteiger partial charge in [-0.25, -0.2) is 4.98 Å². The summed E-state index contributed by atoms with van der Waals surface area (Å²) in [4.78, 5) is 19.7. The van der Waals surface area contributed by atoms with Crippen molar-refractivity contribution in [3.63, 3.8) is 0 Å². The first kappa shape index (κ1) is 17.0. The Bertz CT molecular complexity index is 911. The minimum Gasteiger partial charge on any atom is -0.346 e. The minimum absolute atomic E-state index is 0.322. The first-order chi connectivity index (χ1) is 11.7. The maximum absolute atomic E-state index is 12.7. The van der Waals surface area contributed by atoms with Crippen LogP contribution in [-0.4, -0.2) is 15.9 Å². The number of carbonyl (C=O) groups is 1. The third-order valence-corrected chi connectivity index (χ3v) is 4.06. The monoisotopic (exact) mass is 347 g/mol. The number of rotatable bonds is 3. The van der Waals surface area contributed by atoms with Crippen molar-refractivity contribution in [2.45, 2.75) is 25.6 Å². The van der Waals surface area contributed by atoms with Crippen molar-refractivity contribution in [1.29, 1.82) is 0 Å². The number of hydrogen-bond acceptors (Lipinski definition) is 2. The number of alkyl halides is 3. The smallest absolute Gasteiger partial charge is 0.346 e. The molecule has 7 heteroatoms. The van der Waals surface area contributed by atoms with Crippen LogP contribution in [0.5, 0.6) is 0 Å². The van der Waals surface area contributed by atoms with E-state index in [1.807, 2.05) is 0 Å². The predicted molar refractivity (Wildman–Crippen MR) is 88.0 cm³/mol. The SMILES string of the molecule is CC(C)(NC(=O)c1ccnc2[nH]ccc12)c1ccc(C(F)(F)F)cc1. The van der Waals surface area contributed by atoms with Gasteiger partial charge in [0.1, 0.15) is 5.65 Å². The summed E-state index contributed by atoms with van der Waals surface area (Å²) in [6.45, 7) is 3.48. The van der Waals surface area contributed by atoms with Crippen molar-refractivity contribution in [3.8, 4) is 0 Å². The van der Waals surface area contributed by atoms with Gasteiger partial charge in [0.15, 0.2) is 0 Å². The molecule has 3 aromatic rings. The number of H-pyrrole nitrogens is 1. The topological polar surface area (TPSA) is 57.8 Å². The Kier molecular flexibility index (Phi) is 4.02. The molecule has 2 heterocycles. The van der Waals surface area contributed by atoms with Gasteiger partial charge in [-0.3, -0.25) is 4.79 Å². The van der Waals surface area contributed by atoms with Crippen LogP contribution < -0.4 is 5.32 Å². The zero-order valence-electron chi connectivity index (χ0n) is 13.6. The Morgan fingerprint density at radius 1 is 1.04 bits per heavy atom. The highest BCUT2D eigenvalue weighted by Crippen LogP contribution is 2.31. The van der Waals surface area contributed by atoms with E-state index in [9.17, 15) is 18.0 Å². The number of fused-ring (bicyclic) bond motifs is 1. The highest BCUT2D eigenvalue weighted by Gasteiger charge is 2.31. The van der Waals surface area contributed by atoms with Crippen LogP contribution in [0.1, 0.15) is 35.3 Å². The van der Waals surface area contributed by atoms with Crippen LogP contribution in [0.4, 0.5) is 13.2 Å². The van der Waals surface area contributed by atoms with Crippen molar-refractivity contribution in [2.75, 3.05) is 0 Å². The molecule has 0 aliphatic rings. The normalized spacial score (nSPS) is 12.4. The number of amides is 1. The Labute approximate surface area is 142 Å². The van der Waals surface area contributed by atoms with E-state index in [1.54, 1.807) is 32.2 Å². The second-order valence-corrected chi connectivity index (χ2v) is 6.25. The minimum atomic E-state index is -4.39. The fourth-order valence-electron chi connectivity index (χ4n) is 2.66. The summed E-state index contributed by atoms with van der Waals surface area (Å²) < 4.78 is 38.1. The van der Waals surface area contributed by atoms with Crippen LogP contribution in [-0.2, 0) is 11.7 Å². The molecule has 0 saturated heterocycles. The third kappa shape index (κ3) is 3.35. The lowest BCUT2D eigenvalue weighted by Gasteiger charge is -2.27. The van der Waals surface area contributed by atoms with E-state index < -0.39 is 17.3 Å². The highest BCUT2D eigenvalue weighted by molar-refractivity contribution is 6.05. The maximum atomic E-state index is 12.7. The summed E-state index contributed by atoms with van der Waals surface area (Å²) in [6, 6.07) is 8.14. The second kappa shape index (κ2) is 5.91. The summed E-state index contributed by atoms with van der Waals surface area (Å²) >= 11 is 0. The zero-order chi connectivity index (χ0) is 18.2. The lowest BCUT2D eigenvalue weighted by atomic mass is 9.92. The molecule has 0 unspecified atom stereocenters. The molecule has 0 radical (unpaired) electrons. The molecule has 0 atom stereocenters. The molecule has 1 aromatic carbocycles. The van der Waals surface area contributed by atoms with E-state index in [0.29, 0.717) is 22.2 Å². The molecule has 0 spiro atoms. The molecule has 0 bridgehead atoms. The number of nitrogens with one attached hydrogen (secondary N) is 2. The summed E-state index contributed by atoms with van der Waals surface area (Å²) in [5, 5.41) is 3.55. The lowest BCUT2D eigenvalue weighted by Crippen LogP contribution is -2.41. The molecular formula is C18H16F3N3O. The van der Waals surface area contributed by atoms with Crippen molar-refractivity contribution >= 4 is 16.9 Å². The molecule has 0 aliphatic carbocycles. The average molecular weight is 347 g/mol. The number of carbonyl (C=O) groups excluding carboxylic acids is 1. The van der Waals surface area contributed by atoms with E-state index in [1.165, 1.54) is 18.3 Å². The van der Waals surface area contributed by atoms with E-state index in [2.05, 4.69) is 15.3 Å². The Hall–Kier alpha value is -2.83. The number of aromatic nitrogens is 2. The Morgan fingerprint density at radius 3 is 2.32 bits per heavy atom. The standard InChI is InChI=1S/C18H16F3N3O/c1-17(2,11-3-5-12(6-4-11)18(19,20)21)24-16(25)14-8-10-23-15-13(14)7-9-22-15/h3-10H,1-2H3,(H,22,23)(H,24,25). The van der Waals surface area contributed by atoms with Crippen LogP contribution in [0.2, 0.25) is 0 Å². The van der Waals surface area contributed by atoms with Crippen molar-refractivity contribution in [3.05, 3.63) is 65.5 Å². The summed E-state index contributed by atoms with van der Waals surface area (Å²) in [7, 11) is 0. The molecule has 0 fully saturated rings. The van der Waals surface area contributed by atoms with Crippen molar-refractivity contribution < 1.29 is 18.0 Å².